The highest BCUT2D eigenvalue weighted by Gasteiger charge is 2.22. The Morgan fingerprint density at radius 3 is 2.25 bits per heavy atom. The highest BCUT2D eigenvalue weighted by atomic mass is 15.2. The minimum absolute atomic E-state index is 0.366. The summed E-state index contributed by atoms with van der Waals surface area (Å²) in [5.41, 5.74) is 0.366. The number of hydrogen-bond acceptors (Lipinski definition) is 2. The third kappa shape index (κ3) is 7.24. The summed E-state index contributed by atoms with van der Waals surface area (Å²) in [6.07, 6.45) is 4.01. The lowest BCUT2D eigenvalue weighted by Crippen LogP contribution is -2.43. The molecule has 0 spiro atoms. The molecular weight excluding hydrogens is 196 g/mol. The van der Waals surface area contributed by atoms with Crippen molar-refractivity contribution >= 4 is 0 Å². The summed E-state index contributed by atoms with van der Waals surface area (Å²) in [5.74, 6) is 0. The van der Waals surface area contributed by atoms with Gasteiger partial charge in [0.15, 0.2) is 0 Å². The van der Waals surface area contributed by atoms with Gasteiger partial charge in [-0.2, -0.15) is 0 Å². The van der Waals surface area contributed by atoms with Crippen molar-refractivity contribution in [2.75, 3.05) is 26.7 Å². The molecule has 0 aromatic heterocycles. The van der Waals surface area contributed by atoms with E-state index in [2.05, 4.69) is 44.8 Å². The van der Waals surface area contributed by atoms with Gasteiger partial charge in [-0.15, -0.1) is 0 Å². The zero-order chi connectivity index (χ0) is 12.6. The minimum Gasteiger partial charge on any atom is -0.319 e. The van der Waals surface area contributed by atoms with Crippen LogP contribution in [0.5, 0.6) is 0 Å². The fourth-order valence-corrected chi connectivity index (χ4v) is 2.17. The molecule has 2 heteroatoms. The van der Waals surface area contributed by atoms with Crippen LogP contribution in [0.15, 0.2) is 0 Å². The summed E-state index contributed by atoms with van der Waals surface area (Å²) in [5, 5.41) is 3.29. The second-order valence-electron chi connectivity index (χ2n) is 5.97. The topological polar surface area (TPSA) is 15.3 Å². The third-order valence-corrected chi connectivity index (χ3v) is 3.07. The van der Waals surface area contributed by atoms with Crippen LogP contribution in [0.2, 0.25) is 0 Å². The molecule has 0 aromatic carbocycles. The van der Waals surface area contributed by atoms with Gasteiger partial charge in [0.05, 0.1) is 0 Å². The van der Waals surface area contributed by atoms with Crippen LogP contribution in [0.4, 0.5) is 0 Å². The van der Waals surface area contributed by atoms with Crippen molar-refractivity contribution in [2.24, 2.45) is 5.41 Å². The van der Waals surface area contributed by atoms with Crippen molar-refractivity contribution in [3.63, 3.8) is 0 Å². The lowest BCUT2D eigenvalue weighted by atomic mass is 9.92. The van der Waals surface area contributed by atoms with Gasteiger partial charge >= 0.3 is 0 Å². The molecule has 98 valence electrons. The molecule has 1 N–H and O–H groups in total. The summed E-state index contributed by atoms with van der Waals surface area (Å²) in [6, 6.07) is 0.660. The number of nitrogens with zero attached hydrogens (tertiary/aromatic N) is 1. The lowest BCUT2D eigenvalue weighted by Gasteiger charge is -2.35. The van der Waals surface area contributed by atoms with Gasteiger partial charge in [-0.05, 0) is 39.3 Å². The molecule has 16 heavy (non-hydrogen) atoms. The summed E-state index contributed by atoms with van der Waals surface area (Å²) < 4.78 is 0. The highest BCUT2D eigenvalue weighted by Crippen LogP contribution is 2.18. The molecule has 0 saturated carbocycles. The summed E-state index contributed by atoms with van der Waals surface area (Å²) in [7, 11) is 2.04. The number of nitrogens with one attached hydrogen (secondary N) is 1. The predicted molar refractivity (Wildman–Crippen MR) is 73.9 cm³/mol. The van der Waals surface area contributed by atoms with E-state index in [0.29, 0.717) is 11.5 Å². The van der Waals surface area contributed by atoms with Gasteiger partial charge in [0.25, 0.3) is 0 Å². The first-order chi connectivity index (χ1) is 7.43. The van der Waals surface area contributed by atoms with Crippen molar-refractivity contribution in [2.45, 2.75) is 59.9 Å². The Balaban J connectivity index is 4.11. The number of unbranched alkanes of at least 4 members (excludes halogenated alkanes) is 2. The van der Waals surface area contributed by atoms with Gasteiger partial charge in [-0.1, -0.05) is 33.6 Å². The van der Waals surface area contributed by atoms with Gasteiger partial charge in [-0.25, -0.2) is 0 Å². The number of hydrogen-bond donors (Lipinski definition) is 1. The van der Waals surface area contributed by atoms with Crippen molar-refractivity contribution in [1.29, 1.82) is 0 Å². The van der Waals surface area contributed by atoms with Crippen LogP contribution in [-0.4, -0.2) is 37.6 Å². The van der Waals surface area contributed by atoms with Crippen molar-refractivity contribution < 1.29 is 0 Å². The van der Waals surface area contributed by atoms with E-state index >= 15 is 0 Å². The molecule has 0 unspecified atom stereocenters. The molecule has 0 fully saturated rings. The van der Waals surface area contributed by atoms with Crippen LogP contribution >= 0.6 is 0 Å². The van der Waals surface area contributed by atoms with Gasteiger partial charge in [-0.3, -0.25) is 0 Å². The molecule has 0 atom stereocenters. The van der Waals surface area contributed by atoms with Crippen LogP contribution in [0.25, 0.3) is 0 Å². The van der Waals surface area contributed by atoms with Crippen LogP contribution < -0.4 is 5.32 Å². The summed E-state index contributed by atoms with van der Waals surface area (Å²) in [4.78, 5) is 2.62. The van der Waals surface area contributed by atoms with Gasteiger partial charge < -0.3 is 10.2 Å². The Labute approximate surface area is 103 Å². The fraction of sp³-hybridized carbons (Fsp3) is 1.00. The first-order valence-electron chi connectivity index (χ1n) is 6.81. The normalized spacial score (nSPS) is 12.8. The smallest absolute Gasteiger partial charge is 0.00475 e. The zero-order valence-corrected chi connectivity index (χ0v) is 12.3. The molecule has 0 amide bonds. The van der Waals surface area contributed by atoms with E-state index in [4.69, 9.17) is 0 Å². The molecular formula is C14H32N2. The maximum Gasteiger partial charge on any atom is 0.00475 e. The van der Waals surface area contributed by atoms with Crippen molar-refractivity contribution in [3.05, 3.63) is 0 Å². The summed E-state index contributed by atoms with van der Waals surface area (Å²) in [6.45, 7) is 15.1. The molecule has 0 aliphatic carbocycles. The second kappa shape index (κ2) is 8.08. The average molecular weight is 228 g/mol. The Hall–Kier alpha value is -0.0800. The third-order valence-electron chi connectivity index (χ3n) is 3.07. The SMILES string of the molecule is CCCCCN(CC(C)(C)CNC)C(C)C. The van der Waals surface area contributed by atoms with Crippen LogP contribution in [0, 0.1) is 5.41 Å². The van der Waals surface area contributed by atoms with E-state index < -0.39 is 0 Å². The molecule has 0 aliphatic heterocycles. The maximum absolute atomic E-state index is 3.29. The van der Waals surface area contributed by atoms with E-state index in [1.54, 1.807) is 0 Å². The first-order valence-corrected chi connectivity index (χ1v) is 6.81. The molecule has 0 heterocycles. The van der Waals surface area contributed by atoms with Gasteiger partial charge in [0.1, 0.15) is 0 Å². The Bertz CT molecular complexity index is 164. The Kier molecular flexibility index (Phi) is 8.04. The molecule has 2 nitrogen and oxygen atoms in total. The largest absolute Gasteiger partial charge is 0.319 e. The standard InChI is InChI=1S/C14H32N2/c1-7-8-9-10-16(13(2)3)12-14(4,5)11-15-6/h13,15H,7-12H2,1-6H3. The predicted octanol–water partition coefficient (Wildman–Crippen LogP) is 3.13. The molecule has 0 bridgehead atoms. The Morgan fingerprint density at radius 2 is 1.81 bits per heavy atom. The van der Waals surface area contributed by atoms with Gasteiger partial charge in [0, 0.05) is 19.1 Å². The van der Waals surface area contributed by atoms with Crippen molar-refractivity contribution in [3.8, 4) is 0 Å². The Morgan fingerprint density at radius 1 is 1.19 bits per heavy atom. The lowest BCUT2D eigenvalue weighted by molar-refractivity contribution is 0.141. The maximum atomic E-state index is 3.29. The molecule has 0 saturated heterocycles. The van der Waals surface area contributed by atoms with E-state index in [0.717, 1.165) is 6.54 Å². The van der Waals surface area contributed by atoms with Crippen LogP contribution in [-0.2, 0) is 0 Å². The monoisotopic (exact) mass is 228 g/mol. The quantitative estimate of drug-likeness (QED) is 0.610. The molecule has 0 aliphatic rings. The van der Waals surface area contributed by atoms with Crippen molar-refractivity contribution in [1.82, 2.24) is 10.2 Å². The summed E-state index contributed by atoms with van der Waals surface area (Å²) >= 11 is 0. The fourth-order valence-electron chi connectivity index (χ4n) is 2.17. The molecule has 0 rings (SSSR count). The molecule has 0 radical (unpaired) electrons. The van der Waals surface area contributed by atoms with Crippen LogP contribution in [0.1, 0.15) is 53.9 Å². The van der Waals surface area contributed by atoms with E-state index in [-0.39, 0.29) is 0 Å². The van der Waals surface area contributed by atoms with E-state index in [9.17, 15) is 0 Å². The molecule has 0 aromatic rings. The second-order valence-corrected chi connectivity index (χ2v) is 5.97. The van der Waals surface area contributed by atoms with Crippen LogP contribution in [0.3, 0.4) is 0 Å². The first kappa shape index (κ1) is 15.9. The zero-order valence-electron chi connectivity index (χ0n) is 12.3. The minimum atomic E-state index is 0.366. The number of rotatable bonds is 9. The highest BCUT2D eigenvalue weighted by molar-refractivity contribution is 4.77. The average Bonchev–Trinajstić information content (AvgIpc) is 2.16. The van der Waals surface area contributed by atoms with E-state index in [1.807, 2.05) is 7.05 Å². The van der Waals surface area contributed by atoms with E-state index in [1.165, 1.54) is 32.4 Å². The van der Waals surface area contributed by atoms with Gasteiger partial charge in [0.2, 0.25) is 0 Å².